The standard InChI is InChI=1S/C14H17/c1-4-5-8-13-9-6-7-10-14(13)11-12(2)3/h6-7,9-10,12H,5,8,11H2,2-3H3. The fourth-order valence-electron chi connectivity index (χ4n) is 1.64. The van der Waals surface area contributed by atoms with Crippen molar-refractivity contribution in [1.29, 1.82) is 0 Å². The van der Waals surface area contributed by atoms with Crippen molar-refractivity contribution in [2.45, 2.75) is 33.1 Å². The van der Waals surface area contributed by atoms with Crippen molar-refractivity contribution in [2.24, 2.45) is 5.92 Å². The van der Waals surface area contributed by atoms with E-state index >= 15 is 0 Å². The van der Waals surface area contributed by atoms with Gasteiger partial charge in [-0.25, -0.2) is 0 Å². The summed E-state index contributed by atoms with van der Waals surface area (Å²) in [6, 6.07) is 8.52. The molecular weight excluding hydrogens is 168 g/mol. The maximum atomic E-state index is 6.91. The van der Waals surface area contributed by atoms with E-state index in [1.165, 1.54) is 11.1 Å². The number of aryl methyl sites for hydroxylation is 1. The highest BCUT2D eigenvalue weighted by atomic mass is 14.1. The molecule has 1 rings (SSSR count). The highest BCUT2D eigenvalue weighted by Crippen LogP contribution is 2.15. The van der Waals surface area contributed by atoms with E-state index in [0.717, 1.165) is 19.3 Å². The molecule has 0 fully saturated rings. The second kappa shape index (κ2) is 5.50. The Morgan fingerprint density at radius 3 is 2.43 bits per heavy atom. The van der Waals surface area contributed by atoms with Gasteiger partial charge in [0.05, 0.1) is 0 Å². The summed E-state index contributed by atoms with van der Waals surface area (Å²) in [4.78, 5) is 0. The molecule has 0 aliphatic carbocycles. The SMILES string of the molecule is [C]#CCCc1ccccc1CC(C)C. The van der Waals surface area contributed by atoms with Crippen molar-refractivity contribution < 1.29 is 0 Å². The summed E-state index contributed by atoms with van der Waals surface area (Å²) in [6.45, 7) is 4.47. The normalized spacial score (nSPS) is 10.1. The van der Waals surface area contributed by atoms with Gasteiger partial charge in [0, 0.05) is 6.42 Å². The molecule has 0 aromatic heterocycles. The summed E-state index contributed by atoms with van der Waals surface area (Å²) in [7, 11) is 0. The van der Waals surface area contributed by atoms with Crippen LogP contribution in [0.3, 0.4) is 0 Å². The summed E-state index contributed by atoms with van der Waals surface area (Å²) in [5.41, 5.74) is 2.80. The minimum Gasteiger partial charge on any atom is -0.0888 e. The maximum absolute atomic E-state index is 6.91. The molecule has 0 unspecified atom stereocenters. The second-order valence-corrected chi connectivity index (χ2v) is 4.04. The molecule has 0 bridgehead atoms. The van der Waals surface area contributed by atoms with E-state index in [1.54, 1.807) is 0 Å². The zero-order valence-corrected chi connectivity index (χ0v) is 9.01. The first-order chi connectivity index (χ1) is 6.74. The smallest absolute Gasteiger partial charge is 0.0139 e. The first kappa shape index (κ1) is 10.9. The monoisotopic (exact) mass is 185 g/mol. The van der Waals surface area contributed by atoms with Gasteiger partial charge in [-0.3, -0.25) is 0 Å². The number of hydrogen-bond donors (Lipinski definition) is 0. The molecule has 73 valence electrons. The first-order valence-corrected chi connectivity index (χ1v) is 5.20. The van der Waals surface area contributed by atoms with Crippen LogP contribution in [-0.4, -0.2) is 0 Å². The molecule has 0 amide bonds. The molecule has 0 heteroatoms. The number of benzene rings is 1. The van der Waals surface area contributed by atoms with E-state index in [-0.39, 0.29) is 0 Å². The lowest BCUT2D eigenvalue weighted by Gasteiger charge is -2.10. The van der Waals surface area contributed by atoms with Gasteiger partial charge in [0.2, 0.25) is 0 Å². The molecule has 0 nitrogen and oxygen atoms in total. The molecular formula is C14H17. The highest BCUT2D eigenvalue weighted by Gasteiger charge is 2.02. The van der Waals surface area contributed by atoms with Crippen LogP contribution in [0.1, 0.15) is 31.4 Å². The van der Waals surface area contributed by atoms with Gasteiger partial charge in [-0.2, -0.15) is 0 Å². The van der Waals surface area contributed by atoms with Gasteiger partial charge in [0.1, 0.15) is 0 Å². The Morgan fingerprint density at radius 1 is 1.21 bits per heavy atom. The lowest BCUT2D eigenvalue weighted by atomic mass is 9.96. The largest absolute Gasteiger partial charge is 0.0888 e. The zero-order valence-electron chi connectivity index (χ0n) is 9.01. The van der Waals surface area contributed by atoms with E-state index in [0.29, 0.717) is 5.92 Å². The van der Waals surface area contributed by atoms with Gasteiger partial charge in [0.15, 0.2) is 0 Å². The molecule has 0 N–H and O–H groups in total. The summed E-state index contributed by atoms with van der Waals surface area (Å²) in [5.74, 6) is 3.14. The number of hydrogen-bond acceptors (Lipinski definition) is 0. The van der Waals surface area contributed by atoms with Gasteiger partial charge >= 0.3 is 0 Å². The van der Waals surface area contributed by atoms with E-state index in [1.807, 2.05) is 0 Å². The van der Waals surface area contributed by atoms with E-state index < -0.39 is 0 Å². The fraction of sp³-hybridized carbons (Fsp3) is 0.429. The van der Waals surface area contributed by atoms with Crippen molar-refractivity contribution in [3.8, 4) is 5.92 Å². The average molecular weight is 185 g/mol. The molecule has 0 atom stereocenters. The van der Waals surface area contributed by atoms with Gasteiger partial charge in [-0.15, -0.1) is 0 Å². The Bertz CT molecular complexity index is 315. The van der Waals surface area contributed by atoms with Crippen LogP contribution in [0.5, 0.6) is 0 Å². The molecule has 0 spiro atoms. The lowest BCUT2D eigenvalue weighted by molar-refractivity contribution is 0.642. The Morgan fingerprint density at radius 2 is 1.86 bits per heavy atom. The van der Waals surface area contributed by atoms with E-state index in [2.05, 4.69) is 44.0 Å². The predicted octanol–water partition coefficient (Wildman–Crippen LogP) is 3.41. The van der Waals surface area contributed by atoms with Crippen LogP contribution >= 0.6 is 0 Å². The predicted molar refractivity (Wildman–Crippen MR) is 60.4 cm³/mol. The molecule has 0 aliphatic rings. The van der Waals surface area contributed by atoms with Crippen molar-refractivity contribution in [2.75, 3.05) is 0 Å². The molecule has 1 aromatic carbocycles. The third-order valence-corrected chi connectivity index (χ3v) is 2.27. The minimum atomic E-state index is 0.695. The Kier molecular flexibility index (Phi) is 4.26. The molecule has 0 saturated carbocycles. The fourth-order valence-corrected chi connectivity index (χ4v) is 1.64. The van der Waals surface area contributed by atoms with Crippen LogP contribution in [0.2, 0.25) is 0 Å². The topological polar surface area (TPSA) is 0 Å². The Balaban J connectivity index is 2.76. The van der Waals surface area contributed by atoms with Crippen molar-refractivity contribution in [1.82, 2.24) is 0 Å². The highest BCUT2D eigenvalue weighted by molar-refractivity contribution is 5.28. The molecule has 0 aliphatic heterocycles. The van der Waals surface area contributed by atoms with Crippen LogP contribution in [-0.2, 0) is 12.8 Å². The minimum absolute atomic E-state index is 0.695. The van der Waals surface area contributed by atoms with Crippen LogP contribution in [0.4, 0.5) is 0 Å². The van der Waals surface area contributed by atoms with Crippen molar-refractivity contribution >= 4 is 0 Å². The van der Waals surface area contributed by atoms with Gasteiger partial charge in [-0.05, 0) is 36.3 Å². The van der Waals surface area contributed by atoms with Gasteiger partial charge < -0.3 is 0 Å². The zero-order chi connectivity index (χ0) is 10.4. The van der Waals surface area contributed by atoms with Gasteiger partial charge in [0.25, 0.3) is 0 Å². The summed E-state index contributed by atoms with van der Waals surface area (Å²) in [5, 5.41) is 0. The quantitative estimate of drug-likeness (QED) is 0.631. The van der Waals surface area contributed by atoms with Crippen LogP contribution in [0, 0.1) is 18.3 Å². The average Bonchev–Trinajstić information content (AvgIpc) is 2.16. The molecule has 0 heterocycles. The first-order valence-electron chi connectivity index (χ1n) is 5.20. The van der Waals surface area contributed by atoms with Crippen LogP contribution in [0.25, 0.3) is 0 Å². The lowest BCUT2D eigenvalue weighted by Crippen LogP contribution is -1.99. The molecule has 1 aromatic rings. The molecule has 1 radical (unpaired) electrons. The van der Waals surface area contributed by atoms with Crippen molar-refractivity contribution in [3.63, 3.8) is 0 Å². The van der Waals surface area contributed by atoms with Crippen molar-refractivity contribution in [3.05, 3.63) is 41.8 Å². The third-order valence-electron chi connectivity index (χ3n) is 2.27. The molecule has 14 heavy (non-hydrogen) atoms. The van der Waals surface area contributed by atoms with Gasteiger partial charge in [-0.1, -0.05) is 44.0 Å². The summed E-state index contributed by atoms with van der Waals surface area (Å²) >= 11 is 0. The Labute approximate surface area is 87.4 Å². The third kappa shape index (κ3) is 3.26. The van der Waals surface area contributed by atoms with E-state index in [4.69, 9.17) is 6.42 Å². The second-order valence-electron chi connectivity index (χ2n) is 4.04. The number of rotatable bonds is 4. The maximum Gasteiger partial charge on any atom is 0.0139 e. The summed E-state index contributed by atoms with van der Waals surface area (Å²) in [6.07, 6.45) is 9.73. The summed E-state index contributed by atoms with van der Waals surface area (Å²) < 4.78 is 0. The van der Waals surface area contributed by atoms with Crippen LogP contribution in [0.15, 0.2) is 24.3 Å². The van der Waals surface area contributed by atoms with Crippen LogP contribution < -0.4 is 0 Å². The van der Waals surface area contributed by atoms with E-state index in [9.17, 15) is 0 Å². The molecule has 0 saturated heterocycles. The Hall–Kier alpha value is -1.22.